The van der Waals surface area contributed by atoms with E-state index in [0.717, 1.165) is 5.56 Å². The van der Waals surface area contributed by atoms with E-state index in [9.17, 15) is 8.42 Å². The first-order valence-corrected chi connectivity index (χ1v) is 7.96. The lowest BCUT2D eigenvalue weighted by atomic mass is 10.2. The highest BCUT2D eigenvalue weighted by atomic mass is 32.2. The Hall–Kier alpha value is -1.11. The van der Waals surface area contributed by atoms with Crippen LogP contribution in [-0.4, -0.2) is 45.5 Å². The van der Waals surface area contributed by atoms with Crippen molar-refractivity contribution < 1.29 is 13.2 Å². The minimum absolute atomic E-state index is 0.0247. The quantitative estimate of drug-likeness (QED) is 0.889. The Balaban J connectivity index is 2.11. The molecule has 1 unspecified atom stereocenters. The van der Waals surface area contributed by atoms with Gasteiger partial charge >= 0.3 is 0 Å². The van der Waals surface area contributed by atoms with Gasteiger partial charge in [-0.05, 0) is 24.6 Å². The van der Waals surface area contributed by atoms with Gasteiger partial charge < -0.3 is 10.1 Å². The molecule has 106 valence electrons. The maximum absolute atomic E-state index is 12.4. The normalized spacial score (nSPS) is 21.3. The van der Waals surface area contributed by atoms with Crippen LogP contribution >= 0.6 is 0 Å². The molecule has 1 N–H and O–H groups in total. The van der Waals surface area contributed by atoms with E-state index in [1.807, 2.05) is 25.1 Å². The summed E-state index contributed by atoms with van der Waals surface area (Å²) in [6, 6.07) is 7.40. The third kappa shape index (κ3) is 3.68. The average molecular weight is 284 g/mol. The molecule has 1 aromatic rings. The summed E-state index contributed by atoms with van der Waals surface area (Å²) >= 11 is 0. The molecule has 0 bridgehead atoms. The van der Waals surface area contributed by atoms with Crippen molar-refractivity contribution in [2.45, 2.75) is 18.7 Å². The summed E-state index contributed by atoms with van der Waals surface area (Å²) in [5.41, 5.74) is 0.755. The monoisotopic (exact) mass is 284 g/mol. The molecule has 1 aromatic carbocycles. The first-order chi connectivity index (χ1) is 9.01. The standard InChI is InChI=1S/C13H20N2O3S/c1-11-9-15(7-6-14-11)19(16,17)10-12-4-3-5-13(8-12)18-2/h3-5,8,11,14H,6-7,9-10H2,1-2H3. The number of benzene rings is 1. The third-order valence-corrected chi connectivity index (χ3v) is 5.02. The number of piperazine rings is 1. The highest BCUT2D eigenvalue weighted by Crippen LogP contribution is 2.17. The maximum Gasteiger partial charge on any atom is 0.218 e. The highest BCUT2D eigenvalue weighted by Gasteiger charge is 2.26. The lowest BCUT2D eigenvalue weighted by Gasteiger charge is -2.31. The number of rotatable bonds is 4. The van der Waals surface area contributed by atoms with Crippen LogP contribution < -0.4 is 10.1 Å². The van der Waals surface area contributed by atoms with Crippen LogP contribution in [-0.2, 0) is 15.8 Å². The molecule has 1 aliphatic heterocycles. The van der Waals surface area contributed by atoms with Crippen LogP contribution in [0.1, 0.15) is 12.5 Å². The molecule has 6 heteroatoms. The van der Waals surface area contributed by atoms with Gasteiger partial charge in [0.15, 0.2) is 0 Å². The summed E-state index contributed by atoms with van der Waals surface area (Å²) in [5, 5.41) is 3.24. The van der Waals surface area contributed by atoms with Crippen molar-refractivity contribution in [3.8, 4) is 5.75 Å². The van der Waals surface area contributed by atoms with Crippen LogP contribution in [0.15, 0.2) is 24.3 Å². The van der Waals surface area contributed by atoms with Gasteiger partial charge in [0, 0.05) is 25.7 Å². The van der Waals surface area contributed by atoms with Gasteiger partial charge in [-0.1, -0.05) is 12.1 Å². The second kappa shape index (κ2) is 5.90. The molecule has 1 saturated heterocycles. The Kier molecular flexibility index (Phi) is 4.44. The molecule has 5 nitrogen and oxygen atoms in total. The Morgan fingerprint density at radius 1 is 1.47 bits per heavy atom. The Labute approximate surface area is 114 Å². The number of ether oxygens (including phenoxy) is 1. The minimum Gasteiger partial charge on any atom is -0.497 e. The van der Waals surface area contributed by atoms with Crippen LogP contribution in [0.2, 0.25) is 0 Å². The zero-order valence-electron chi connectivity index (χ0n) is 11.3. The van der Waals surface area contributed by atoms with Crippen LogP contribution in [0.3, 0.4) is 0 Å². The zero-order valence-corrected chi connectivity index (χ0v) is 12.1. The number of hydrogen-bond acceptors (Lipinski definition) is 4. The van der Waals surface area contributed by atoms with Crippen LogP contribution in [0.25, 0.3) is 0 Å². The highest BCUT2D eigenvalue weighted by molar-refractivity contribution is 7.88. The second-order valence-corrected chi connectivity index (χ2v) is 6.79. The molecule has 1 fully saturated rings. The van der Waals surface area contributed by atoms with E-state index in [-0.39, 0.29) is 11.8 Å². The van der Waals surface area contributed by atoms with Crippen LogP contribution in [0, 0.1) is 0 Å². The van der Waals surface area contributed by atoms with E-state index in [2.05, 4.69) is 5.32 Å². The van der Waals surface area contributed by atoms with Gasteiger partial charge in [-0.15, -0.1) is 0 Å². The van der Waals surface area contributed by atoms with Gasteiger partial charge in [-0.25, -0.2) is 8.42 Å². The number of methoxy groups -OCH3 is 1. The van der Waals surface area contributed by atoms with Crippen LogP contribution in [0.4, 0.5) is 0 Å². The molecule has 2 rings (SSSR count). The number of nitrogens with zero attached hydrogens (tertiary/aromatic N) is 1. The SMILES string of the molecule is COc1cccc(CS(=O)(=O)N2CCNC(C)C2)c1. The van der Waals surface area contributed by atoms with Crippen molar-refractivity contribution in [1.29, 1.82) is 0 Å². The van der Waals surface area contributed by atoms with Crippen molar-refractivity contribution in [2.75, 3.05) is 26.7 Å². The zero-order chi connectivity index (χ0) is 13.9. The topological polar surface area (TPSA) is 58.6 Å². The predicted molar refractivity (Wildman–Crippen MR) is 74.7 cm³/mol. The summed E-state index contributed by atoms with van der Waals surface area (Å²) in [7, 11) is -1.68. The molecule has 0 aromatic heterocycles. The number of hydrogen-bond donors (Lipinski definition) is 1. The summed E-state index contributed by atoms with van der Waals surface area (Å²) in [4.78, 5) is 0. The fourth-order valence-corrected chi connectivity index (χ4v) is 3.82. The fraction of sp³-hybridized carbons (Fsp3) is 0.538. The third-order valence-electron chi connectivity index (χ3n) is 3.21. The molecule has 0 radical (unpaired) electrons. The molecule has 1 atom stereocenters. The first-order valence-electron chi connectivity index (χ1n) is 6.35. The molecular weight excluding hydrogens is 264 g/mol. The van der Waals surface area contributed by atoms with Crippen LogP contribution in [0.5, 0.6) is 5.75 Å². The van der Waals surface area contributed by atoms with E-state index in [4.69, 9.17) is 4.74 Å². The van der Waals surface area contributed by atoms with Gasteiger partial charge in [0.25, 0.3) is 0 Å². The summed E-state index contributed by atoms with van der Waals surface area (Å²) in [6.07, 6.45) is 0. The smallest absolute Gasteiger partial charge is 0.218 e. The molecule has 0 amide bonds. The summed E-state index contributed by atoms with van der Waals surface area (Å²) in [5.74, 6) is 0.707. The fourth-order valence-electron chi connectivity index (χ4n) is 2.21. The Bertz CT molecular complexity index is 530. The van der Waals surface area contributed by atoms with Gasteiger partial charge in [-0.2, -0.15) is 4.31 Å². The maximum atomic E-state index is 12.4. The van der Waals surface area contributed by atoms with E-state index >= 15 is 0 Å². The predicted octanol–water partition coefficient (Wildman–Crippen LogP) is 0.819. The van der Waals surface area contributed by atoms with Crippen molar-refractivity contribution >= 4 is 10.0 Å². The van der Waals surface area contributed by atoms with E-state index in [0.29, 0.717) is 25.4 Å². The lowest BCUT2D eigenvalue weighted by molar-refractivity contribution is 0.310. The molecule has 0 spiro atoms. The van der Waals surface area contributed by atoms with E-state index < -0.39 is 10.0 Å². The average Bonchev–Trinajstić information content (AvgIpc) is 2.38. The molecule has 1 aliphatic rings. The lowest BCUT2D eigenvalue weighted by Crippen LogP contribution is -2.51. The first kappa shape index (κ1) is 14.3. The van der Waals surface area contributed by atoms with Crippen molar-refractivity contribution in [3.63, 3.8) is 0 Å². The van der Waals surface area contributed by atoms with Crippen molar-refractivity contribution in [2.24, 2.45) is 0 Å². The van der Waals surface area contributed by atoms with Gasteiger partial charge in [-0.3, -0.25) is 0 Å². The molecule has 19 heavy (non-hydrogen) atoms. The van der Waals surface area contributed by atoms with Gasteiger partial charge in [0.05, 0.1) is 12.9 Å². The molecular formula is C13H20N2O3S. The molecule has 1 heterocycles. The summed E-state index contributed by atoms with van der Waals surface area (Å²) < 4.78 is 31.4. The van der Waals surface area contributed by atoms with E-state index in [1.165, 1.54) is 0 Å². The summed E-state index contributed by atoms with van der Waals surface area (Å²) in [6.45, 7) is 3.77. The van der Waals surface area contributed by atoms with Crippen molar-refractivity contribution in [1.82, 2.24) is 9.62 Å². The molecule has 0 saturated carbocycles. The van der Waals surface area contributed by atoms with Gasteiger partial charge in [0.2, 0.25) is 10.0 Å². The number of nitrogens with one attached hydrogen (secondary N) is 1. The Morgan fingerprint density at radius 2 is 2.26 bits per heavy atom. The minimum atomic E-state index is -3.26. The largest absolute Gasteiger partial charge is 0.497 e. The number of sulfonamides is 1. The Morgan fingerprint density at radius 3 is 2.95 bits per heavy atom. The molecule has 0 aliphatic carbocycles. The van der Waals surface area contributed by atoms with E-state index in [1.54, 1.807) is 17.5 Å². The second-order valence-electron chi connectivity index (χ2n) is 4.82. The van der Waals surface area contributed by atoms with Gasteiger partial charge in [0.1, 0.15) is 5.75 Å². The van der Waals surface area contributed by atoms with Crippen molar-refractivity contribution in [3.05, 3.63) is 29.8 Å².